The van der Waals surface area contributed by atoms with Gasteiger partial charge in [-0.1, -0.05) is 12.1 Å². The van der Waals surface area contributed by atoms with Crippen LogP contribution in [0.3, 0.4) is 0 Å². The van der Waals surface area contributed by atoms with Crippen molar-refractivity contribution in [2.24, 2.45) is 0 Å². The number of methoxy groups -OCH3 is 1. The molecule has 1 N–H and O–H groups in total. The van der Waals surface area contributed by atoms with E-state index in [1.165, 1.54) is 0 Å². The van der Waals surface area contributed by atoms with Crippen LogP contribution in [0.2, 0.25) is 0 Å². The van der Waals surface area contributed by atoms with Crippen LogP contribution in [0.5, 0.6) is 5.75 Å². The number of benzene rings is 1. The first-order chi connectivity index (χ1) is 12.3. The lowest BCUT2D eigenvalue weighted by Gasteiger charge is -2.04. The van der Waals surface area contributed by atoms with Crippen LogP contribution in [0.4, 0.5) is 0 Å². The van der Waals surface area contributed by atoms with Gasteiger partial charge in [-0.2, -0.15) is 5.26 Å². The van der Waals surface area contributed by atoms with Crippen LogP contribution in [-0.4, -0.2) is 27.0 Å². The zero-order chi connectivity index (χ0) is 17.2. The minimum Gasteiger partial charge on any atom is -0.497 e. The maximum absolute atomic E-state index is 8.86. The standard InChI is InChI=1S/C19H13N5O/c1-25-15-6-3-12(4-7-15)16-8-9-21-19-17(16)23-18(24-19)13-2-5-14(10-20)22-11-13/h2-9,11H,1H3,(H,21,23,24). The summed E-state index contributed by atoms with van der Waals surface area (Å²) in [5.41, 5.74) is 4.68. The van der Waals surface area contributed by atoms with Gasteiger partial charge >= 0.3 is 0 Å². The van der Waals surface area contributed by atoms with Gasteiger partial charge in [-0.25, -0.2) is 15.0 Å². The van der Waals surface area contributed by atoms with Gasteiger partial charge < -0.3 is 9.72 Å². The lowest BCUT2D eigenvalue weighted by molar-refractivity contribution is 0.415. The molecule has 0 unspecified atom stereocenters. The van der Waals surface area contributed by atoms with Crippen molar-refractivity contribution >= 4 is 11.2 Å². The molecule has 0 amide bonds. The van der Waals surface area contributed by atoms with E-state index in [2.05, 4.69) is 19.9 Å². The van der Waals surface area contributed by atoms with E-state index >= 15 is 0 Å². The number of aromatic amines is 1. The molecule has 4 rings (SSSR count). The maximum atomic E-state index is 8.86. The van der Waals surface area contributed by atoms with E-state index in [1.54, 1.807) is 25.6 Å². The Hall–Kier alpha value is -3.72. The molecule has 0 radical (unpaired) electrons. The molecule has 25 heavy (non-hydrogen) atoms. The minimum atomic E-state index is 0.372. The smallest absolute Gasteiger partial charge is 0.158 e. The van der Waals surface area contributed by atoms with Crippen molar-refractivity contribution in [3.8, 4) is 34.3 Å². The van der Waals surface area contributed by atoms with Gasteiger partial charge in [-0.3, -0.25) is 0 Å². The van der Waals surface area contributed by atoms with Gasteiger partial charge in [-0.15, -0.1) is 0 Å². The second-order valence-electron chi connectivity index (χ2n) is 5.41. The summed E-state index contributed by atoms with van der Waals surface area (Å²) in [4.78, 5) is 16.4. The van der Waals surface area contributed by atoms with Crippen molar-refractivity contribution in [3.63, 3.8) is 0 Å². The molecule has 3 heterocycles. The van der Waals surface area contributed by atoms with Gasteiger partial charge in [0.1, 0.15) is 28.9 Å². The van der Waals surface area contributed by atoms with E-state index in [9.17, 15) is 0 Å². The summed E-state index contributed by atoms with van der Waals surface area (Å²) in [7, 11) is 1.64. The molecule has 0 fully saturated rings. The van der Waals surface area contributed by atoms with Crippen LogP contribution in [0.15, 0.2) is 54.9 Å². The summed E-state index contributed by atoms with van der Waals surface area (Å²) in [6.45, 7) is 0. The Kier molecular flexibility index (Phi) is 3.60. The Bertz CT molecular complexity index is 1080. The number of ether oxygens (including phenoxy) is 1. The number of rotatable bonds is 3. The number of nitrogens with one attached hydrogen (secondary N) is 1. The van der Waals surface area contributed by atoms with Gasteiger partial charge in [-0.05, 0) is 35.9 Å². The van der Waals surface area contributed by atoms with Gasteiger partial charge in [0.2, 0.25) is 0 Å². The quantitative estimate of drug-likeness (QED) is 0.621. The molecule has 0 bridgehead atoms. The second-order valence-corrected chi connectivity index (χ2v) is 5.41. The third kappa shape index (κ3) is 2.68. The zero-order valence-corrected chi connectivity index (χ0v) is 13.4. The summed E-state index contributed by atoms with van der Waals surface area (Å²) in [5.74, 6) is 1.47. The average Bonchev–Trinajstić information content (AvgIpc) is 3.12. The Balaban J connectivity index is 1.81. The Morgan fingerprint density at radius 2 is 1.80 bits per heavy atom. The normalized spacial score (nSPS) is 10.6. The molecular formula is C19H13N5O. The van der Waals surface area contributed by atoms with Crippen LogP contribution in [0, 0.1) is 11.3 Å². The third-order valence-corrected chi connectivity index (χ3v) is 3.94. The van der Waals surface area contributed by atoms with Crippen molar-refractivity contribution < 1.29 is 4.74 Å². The minimum absolute atomic E-state index is 0.372. The molecule has 0 aliphatic heterocycles. The molecule has 1 aromatic carbocycles. The molecule has 0 saturated carbocycles. The van der Waals surface area contributed by atoms with E-state index in [0.717, 1.165) is 28.0 Å². The largest absolute Gasteiger partial charge is 0.497 e. The first-order valence-electron chi connectivity index (χ1n) is 7.64. The van der Waals surface area contributed by atoms with Crippen molar-refractivity contribution in [1.29, 1.82) is 5.26 Å². The average molecular weight is 327 g/mol. The lowest BCUT2D eigenvalue weighted by atomic mass is 10.1. The lowest BCUT2D eigenvalue weighted by Crippen LogP contribution is -1.85. The Morgan fingerprint density at radius 1 is 1.00 bits per heavy atom. The Morgan fingerprint density at radius 3 is 2.48 bits per heavy atom. The van der Waals surface area contributed by atoms with Gasteiger partial charge in [0.05, 0.1) is 7.11 Å². The maximum Gasteiger partial charge on any atom is 0.158 e. The molecule has 6 heteroatoms. The number of aromatic nitrogens is 4. The molecular weight excluding hydrogens is 314 g/mol. The summed E-state index contributed by atoms with van der Waals surface area (Å²) >= 11 is 0. The fourth-order valence-electron chi connectivity index (χ4n) is 2.65. The van der Waals surface area contributed by atoms with Gasteiger partial charge in [0, 0.05) is 23.5 Å². The number of hydrogen-bond donors (Lipinski definition) is 1. The molecule has 4 aromatic rings. The van der Waals surface area contributed by atoms with E-state index in [4.69, 9.17) is 10.00 Å². The highest BCUT2D eigenvalue weighted by Crippen LogP contribution is 2.29. The number of hydrogen-bond acceptors (Lipinski definition) is 5. The van der Waals surface area contributed by atoms with Crippen molar-refractivity contribution in [1.82, 2.24) is 19.9 Å². The molecule has 3 aromatic heterocycles. The van der Waals surface area contributed by atoms with Crippen molar-refractivity contribution in [3.05, 3.63) is 60.6 Å². The fourth-order valence-corrected chi connectivity index (χ4v) is 2.65. The molecule has 0 aliphatic rings. The van der Waals surface area contributed by atoms with E-state index in [1.807, 2.05) is 42.5 Å². The fraction of sp³-hybridized carbons (Fsp3) is 0.0526. The zero-order valence-electron chi connectivity index (χ0n) is 13.4. The van der Waals surface area contributed by atoms with E-state index in [-0.39, 0.29) is 0 Å². The first-order valence-corrected chi connectivity index (χ1v) is 7.64. The van der Waals surface area contributed by atoms with Gasteiger partial charge in [0.25, 0.3) is 0 Å². The van der Waals surface area contributed by atoms with E-state index in [0.29, 0.717) is 17.2 Å². The summed E-state index contributed by atoms with van der Waals surface area (Å²) in [6.07, 6.45) is 3.38. The predicted octanol–water partition coefficient (Wildman–Crippen LogP) is 3.57. The first kappa shape index (κ1) is 14.8. The highest BCUT2D eigenvalue weighted by Gasteiger charge is 2.12. The Labute approximate surface area is 143 Å². The summed E-state index contributed by atoms with van der Waals surface area (Å²) in [5, 5.41) is 8.86. The van der Waals surface area contributed by atoms with Crippen LogP contribution >= 0.6 is 0 Å². The second kappa shape index (κ2) is 6.06. The molecule has 0 saturated heterocycles. The highest BCUT2D eigenvalue weighted by molar-refractivity contribution is 5.91. The van der Waals surface area contributed by atoms with Crippen molar-refractivity contribution in [2.45, 2.75) is 0 Å². The number of pyridine rings is 2. The van der Waals surface area contributed by atoms with E-state index < -0.39 is 0 Å². The SMILES string of the molecule is COc1ccc(-c2ccnc3[nH]c(-c4ccc(C#N)nc4)nc23)cc1. The predicted molar refractivity (Wildman–Crippen MR) is 93.8 cm³/mol. The highest BCUT2D eigenvalue weighted by atomic mass is 16.5. The number of nitriles is 1. The molecule has 0 atom stereocenters. The number of imidazole rings is 1. The van der Waals surface area contributed by atoms with Crippen LogP contribution in [0.1, 0.15) is 5.69 Å². The number of H-pyrrole nitrogens is 1. The van der Waals surface area contributed by atoms with Crippen LogP contribution in [0.25, 0.3) is 33.7 Å². The molecule has 0 spiro atoms. The third-order valence-electron chi connectivity index (χ3n) is 3.94. The number of nitrogens with zero attached hydrogens (tertiary/aromatic N) is 4. The van der Waals surface area contributed by atoms with Crippen LogP contribution in [-0.2, 0) is 0 Å². The molecule has 6 nitrogen and oxygen atoms in total. The topological polar surface area (TPSA) is 87.5 Å². The van der Waals surface area contributed by atoms with Crippen LogP contribution < -0.4 is 4.74 Å². The number of fused-ring (bicyclic) bond motifs is 1. The van der Waals surface area contributed by atoms with Gasteiger partial charge in [0.15, 0.2) is 5.65 Å². The van der Waals surface area contributed by atoms with Crippen molar-refractivity contribution in [2.75, 3.05) is 7.11 Å². The monoisotopic (exact) mass is 327 g/mol. The molecule has 0 aliphatic carbocycles. The summed E-state index contributed by atoms with van der Waals surface area (Å²) in [6, 6.07) is 15.2. The molecule has 120 valence electrons. The summed E-state index contributed by atoms with van der Waals surface area (Å²) < 4.78 is 5.21.